The van der Waals surface area contributed by atoms with Gasteiger partial charge < -0.3 is 20.1 Å². The van der Waals surface area contributed by atoms with Crippen molar-refractivity contribution in [2.24, 2.45) is 12.0 Å². The standard InChI is InChI=1S/C16H28ClN5O/c1-6-18-16(19-8-7-15(23)20-12(2)3)22(5)11-14-9-13(17)10-21(14)4/h9-10,12H,6-8,11H2,1-5H3,(H,18,19)(H,20,23). The number of nitrogens with zero attached hydrogens (tertiary/aromatic N) is 3. The van der Waals surface area contributed by atoms with Gasteiger partial charge in [0.25, 0.3) is 0 Å². The molecule has 1 rings (SSSR count). The molecule has 0 atom stereocenters. The maximum atomic E-state index is 11.7. The van der Waals surface area contributed by atoms with Gasteiger partial charge in [-0.05, 0) is 26.8 Å². The molecule has 23 heavy (non-hydrogen) atoms. The van der Waals surface area contributed by atoms with Crippen LogP contribution in [0.15, 0.2) is 17.3 Å². The smallest absolute Gasteiger partial charge is 0.222 e. The molecule has 0 aromatic carbocycles. The number of rotatable bonds is 7. The summed E-state index contributed by atoms with van der Waals surface area (Å²) in [6.07, 6.45) is 2.27. The number of aliphatic imine (C=N–C) groups is 1. The second-order valence-corrected chi connectivity index (χ2v) is 6.26. The van der Waals surface area contributed by atoms with E-state index in [-0.39, 0.29) is 11.9 Å². The Balaban J connectivity index is 2.63. The number of aryl methyl sites for hydroxylation is 1. The lowest BCUT2D eigenvalue weighted by molar-refractivity contribution is -0.121. The zero-order valence-electron chi connectivity index (χ0n) is 14.7. The van der Waals surface area contributed by atoms with Crippen molar-refractivity contribution in [1.29, 1.82) is 0 Å². The molecule has 0 radical (unpaired) electrons. The molecule has 0 aliphatic heterocycles. The summed E-state index contributed by atoms with van der Waals surface area (Å²) in [6, 6.07) is 2.10. The Labute approximate surface area is 143 Å². The number of hydrogen-bond acceptors (Lipinski definition) is 2. The molecule has 0 aliphatic rings. The monoisotopic (exact) mass is 341 g/mol. The fraction of sp³-hybridized carbons (Fsp3) is 0.625. The summed E-state index contributed by atoms with van der Waals surface area (Å²) >= 11 is 6.02. The summed E-state index contributed by atoms with van der Waals surface area (Å²) in [6.45, 7) is 7.84. The van der Waals surface area contributed by atoms with Crippen LogP contribution in [0.3, 0.4) is 0 Å². The zero-order chi connectivity index (χ0) is 17.4. The number of amides is 1. The summed E-state index contributed by atoms with van der Waals surface area (Å²) < 4.78 is 2.00. The fourth-order valence-electron chi connectivity index (χ4n) is 2.17. The molecule has 0 aliphatic carbocycles. The molecule has 0 unspecified atom stereocenters. The molecule has 1 heterocycles. The SMILES string of the molecule is CCNC(=NCCC(=O)NC(C)C)N(C)Cc1cc(Cl)cn1C. The average molecular weight is 342 g/mol. The van der Waals surface area contributed by atoms with Crippen molar-refractivity contribution < 1.29 is 4.79 Å². The maximum Gasteiger partial charge on any atom is 0.222 e. The van der Waals surface area contributed by atoms with Gasteiger partial charge >= 0.3 is 0 Å². The molecule has 0 spiro atoms. The first-order valence-electron chi connectivity index (χ1n) is 7.93. The third-order valence-electron chi connectivity index (χ3n) is 3.22. The van der Waals surface area contributed by atoms with E-state index < -0.39 is 0 Å². The van der Waals surface area contributed by atoms with Crippen molar-refractivity contribution in [3.05, 3.63) is 23.0 Å². The van der Waals surface area contributed by atoms with Gasteiger partial charge in [-0.25, -0.2) is 0 Å². The summed E-state index contributed by atoms with van der Waals surface area (Å²) in [7, 11) is 3.94. The highest BCUT2D eigenvalue weighted by Crippen LogP contribution is 2.14. The highest BCUT2D eigenvalue weighted by atomic mass is 35.5. The van der Waals surface area contributed by atoms with Crippen molar-refractivity contribution in [1.82, 2.24) is 20.1 Å². The predicted octanol–water partition coefficient (Wildman–Crippen LogP) is 1.99. The highest BCUT2D eigenvalue weighted by molar-refractivity contribution is 6.30. The van der Waals surface area contributed by atoms with Crippen LogP contribution in [0.4, 0.5) is 0 Å². The molecule has 0 saturated carbocycles. The minimum atomic E-state index is 0.0245. The van der Waals surface area contributed by atoms with Crippen LogP contribution in [0.5, 0.6) is 0 Å². The number of aromatic nitrogens is 1. The molecule has 130 valence electrons. The fourth-order valence-corrected chi connectivity index (χ4v) is 2.44. The zero-order valence-corrected chi connectivity index (χ0v) is 15.4. The molecule has 7 heteroatoms. The van der Waals surface area contributed by atoms with Gasteiger partial charge in [-0.1, -0.05) is 11.6 Å². The van der Waals surface area contributed by atoms with Crippen LogP contribution in [0.2, 0.25) is 5.02 Å². The molecule has 1 amide bonds. The molecular formula is C16H28ClN5O. The Morgan fingerprint density at radius 2 is 2.17 bits per heavy atom. The van der Waals surface area contributed by atoms with Crippen LogP contribution in [0, 0.1) is 0 Å². The van der Waals surface area contributed by atoms with E-state index in [2.05, 4.69) is 15.6 Å². The minimum Gasteiger partial charge on any atom is -0.357 e. The van der Waals surface area contributed by atoms with Crippen LogP contribution >= 0.6 is 11.6 Å². The average Bonchev–Trinajstić information content (AvgIpc) is 2.75. The van der Waals surface area contributed by atoms with Gasteiger partial charge in [-0.3, -0.25) is 9.79 Å². The number of halogens is 1. The molecular weight excluding hydrogens is 314 g/mol. The van der Waals surface area contributed by atoms with Gasteiger partial charge in [0.2, 0.25) is 5.91 Å². The Kier molecular flexibility index (Phi) is 7.95. The third kappa shape index (κ3) is 6.95. The molecule has 1 aromatic heterocycles. The van der Waals surface area contributed by atoms with E-state index in [0.29, 0.717) is 19.5 Å². The number of nitrogens with one attached hydrogen (secondary N) is 2. The highest BCUT2D eigenvalue weighted by Gasteiger charge is 2.10. The largest absolute Gasteiger partial charge is 0.357 e. The van der Waals surface area contributed by atoms with Crippen LogP contribution in [0.25, 0.3) is 0 Å². The second kappa shape index (κ2) is 9.45. The molecule has 0 fully saturated rings. The van der Waals surface area contributed by atoms with Crippen molar-refractivity contribution in [3.63, 3.8) is 0 Å². The Hall–Kier alpha value is -1.69. The normalized spacial score (nSPS) is 11.7. The van der Waals surface area contributed by atoms with E-state index in [1.54, 1.807) is 0 Å². The lowest BCUT2D eigenvalue weighted by Crippen LogP contribution is -2.39. The van der Waals surface area contributed by atoms with Crippen molar-refractivity contribution in [3.8, 4) is 0 Å². The minimum absolute atomic E-state index is 0.0245. The summed E-state index contributed by atoms with van der Waals surface area (Å²) in [5.74, 6) is 0.804. The van der Waals surface area contributed by atoms with Crippen LogP contribution in [-0.2, 0) is 18.4 Å². The van der Waals surface area contributed by atoms with E-state index in [4.69, 9.17) is 11.6 Å². The van der Waals surface area contributed by atoms with Crippen LogP contribution in [0.1, 0.15) is 32.9 Å². The summed E-state index contributed by atoms with van der Waals surface area (Å²) in [5.41, 5.74) is 1.10. The quantitative estimate of drug-likeness (QED) is 0.589. The number of hydrogen-bond donors (Lipinski definition) is 2. The molecule has 6 nitrogen and oxygen atoms in total. The van der Waals surface area contributed by atoms with Crippen LogP contribution < -0.4 is 10.6 Å². The molecule has 1 aromatic rings. The van der Waals surface area contributed by atoms with Gasteiger partial charge in [0.05, 0.1) is 18.1 Å². The van der Waals surface area contributed by atoms with Crippen LogP contribution in [-0.4, -0.2) is 47.5 Å². The predicted molar refractivity (Wildman–Crippen MR) is 95.8 cm³/mol. The van der Waals surface area contributed by atoms with E-state index in [1.807, 2.05) is 56.6 Å². The van der Waals surface area contributed by atoms with E-state index >= 15 is 0 Å². The topological polar surface area (TPSA) is 61.7 Å². The van der Waals surface area contributed by atoms with Crippen molar-refractivity contribution in [2.45, 2.75) is 39.8 Å². The third-order valence-corrected chi connectivity index (χ3v) is 3.43. The number of carbonyl (C=O) groups is 1. The molecule has 2 N–H and O–H groups in total. The summed E-state index contributed by atoms with van der Waals surface area (Å²) in [5, 5.41) is 6.84. The molecule has 0 bridgehead atoms. The van der Waals surface area contributed by atoms with E-state index in [1.165, 1.54) is 0 Å². The van der Waals surface area contributed by atoms with E-state index in [9.17, 15) is 4.79 Å². The Bertz CT molecular complexity index is 539. The first-order valence-corrected chi connectivity index (χ1v) is 8.30. The second-order valence-electron chi connectivity index (χ2n) is 5.82. The number of carbonyl (C=O) groups excluding carboxylic acids is 1. The number of guanidine groups is 1. The van der Waals surface area contributed by atoms with Gasteiger partial charge in [0, 0.05) is 45.0 Å². The summed E-state index contributed by atoms with van der Waals surface area (Å²) in [4.78, 5) is 18.2. The first-order chi connectivity index (χ1) is 10.8. The van der Waals surface area contributed by atoms with Gasteiger partial charge in [0.15, 0.2) is 5.96 Å². The lowest BCUT2D eigenvalue weighted by Gasteiger charge is -2.22. The van der Waals surface area contributed by atoms with E-state index in [0.717, 1.165) is 23.2 Å². The van der Waals surface area contributed by atoms with Crippen molar-refractivity contribution in [2.75, 3.05) is 20.1 Å². The van der Waals surface area contributed by atoms with Crippen molar-refractivity contribution >= 4 is 23.5 Å². The Morgan fingerprint density at radius 3 is 2.70 bits per heavy atom. The first kappa shape index (κ1) is 19.4. The van der Waals surface area contributed by atoms with Gasteiger partial charge in [-0.15, -0.1) is 0 Å². The maximum absolute atomic E-state index is 11.7. The van der Waals surface area contributed by atoms with Gasteiger partial charge in [0.1, 0.15) is 0 Å². The molecule has 0 saturated heterocycles. The lowest BCUT2D eigenvalue weighted by atomic mass is 10.3. The Morgan fingerprint density at radius 1 is 1.48 bits per heavy atom. The van der Waals surface area contributed by atoms with Gasteiger partial charge in [-0.2, -0.15) is 0 Å².